The zero-order valence-electron chi connectivity index (χ0n) is 16.3. The van der Waals surface area contributed by atoms with Crippen molar-refractivity contribution in [3.8, 4) is 22.4 Å². The minimum atomic E-state index is 0.638. The smallest absolute Gasteiger partial charge is 0.216 e. The average molecular weight is 375 g/mol. The molecule has 2 aromatic heterocycles. The van der Waals surface area contributed by atoms with Crippen LogP contribution in [0.3, 0.4) is 0 Å². The highest BCUT2D eigenvalue weighted by molar-refractivity contribution is 6.12. The van der Waals surface area contributed by atoms with Crippen molar-refractivity contribution in [1.29, 1.82) is 0 Å². The first kappa shape index (κ1) is 17.2. The number of pyridine rings is 1. The molecule has 138 valence electrons. The van der Waals surface area contributed by atoms with Crippen molar-refractivity contribution in [1.82, 2.24) is 0 Å². The highest BCUT2D eigenvalue weighted by Gasteiger charge is 2.21. The first-order chi connectivity index (χ1) is 14.2. The van der Waals surface area contributed by atoms with Gasteiger partial charge in [-0.25, -0.2) is 9.41 Å². The summed E-state index contributed by atoms with van der Waals surface area (Å²) >= 11 is 0. The summed E-state index contributed by atoms with van der Waals surface area (Å²) in [7, 11) is 2.04. The van der Waals surface area contributed by atoms with Crippen LogP contribution in [0.4, 0.5) is 5.69 Å². The van der Waals surface area contributed by atoms with Gasteiger partial charge >= 0.3 is 0 Å². The molecule has 0 radical (unpaired) electrons. The molecule has 0 spiro atoms. The van der Waals surface area contributed by atoms with Crippen LogP contribution in [0.2, 0.25) is 0 Å². The lowest BCUT2D eigenvalue weighted by molar-refractivity contribution is -0.660. The molecule has 5 rings (SSSR count). The maximum absolute atomic E-state index is 7.70. The van der Waals surface area contributed by atoms with Crippen molar-refractivity contribution in [2.75, 3.05) is 0 Å². The number of hydrogen-bond donors (Lipinski definition) is 0. The number of rotatable bonds is 2. The summed E-state index contributed by atoms with van der Waals surface area (Å²) in [4.78, 5) is 3.80. The van der Waals surface area contributed by atoms with E-state index in [2.05, 4.69) is 34.5 Å². The molecule has 0 aliphatic rings. The number of aryl methyl sites for hydroxylation is 2. The van der Waals surface area contributed by atoms with Gasteiger partial charge in [0.1, 0.15) is 18.2 Å². The third-order valence-electron chi connectivity index (χ3n) is 5.48. The standard InChI is InChI=1S/C26H19N2O/c1-17-12-13-19-21-15-22(27-2)20(18-9-5-4-6-10-18)16-24(21)29-26(19)25(17)23-11-7-8-14-28(23)3/h4-16H,1,3H3/q+1. The highest BCUT2D eigenvalue weighted by atomic mass is 16.3. The molecule has 0 unspecified atom stereocenters. The topological polar surface area (TPSA) is 21.4 Å². The van der Waals surface area contributed by atoms with Crippen molar-refractivity contribution < 1.29 is 8.98 Å². The summed E-state index contributed by atoms with van der Waals surface area (Å²) in [5, 5.41) is 2.01. The van der Waals surface area contributed by atoms with Gasteiger partial charge in [0, 0.05) is 22.9 Å². The summed E-state index contributed by atoms with van der Waals surface area (Å²) < 4.78 is 8.53. The molecule has 3 aromatic carbocycles. The Hall–Kier alpha value is -3.90. The summed E-state index contributed by atoms with van der Waals surface area (Å²) in [6.45, 7) is 9.81. The number of fused-ring (bicyclic) bond motifs is 3. The highest BCUT2D eigenvalue weighted by Crippen LogP contribution is 2.41. The van der Waals surface area contributed by atoms with Crippen LogP contribution in [0.15, 0.2) is 83.4 Å². The fourth-order valence-corrected chi connectivity index (χ4v) is 4.02. The zero-order chi connectivity index (χ0) is 20.0. The minimum Gasteiger partial charge on any atom is -0.455 e. The molecule has 3 nitrogen and oxygen atoms in total. The van der Waals surface area contributed by atoms with E-state index in [1.165, 1.54) is 0 Å². The molecular formula is C26H19N2O+. The molecular weight excluding hydrogens is 356 g/mol. The maximum atomic E-state index is 7.70. The fraction of sp³-hybridized carbons (Fsp3) is 0.0769. The third-order valence-corrected chi connectivity index (χ3v) is 5.48. The van der Waals surface area contributed by atoms with Crippen molar-refractivity contribution in [2.24, 2.45) is 7.05 Å². The van der Waals surface area contributed by atoms with Crippen molar-refractivity contribution in [2.45, 2.75) is 6.92 Å². The Balaban J connectivity index is 1.86. The van der Waals surface area contributed by atoms with Gasteiger partial charge in [-0.3, -0.25) is 0 Å². The summed E-state index contributed by atoms with van der Waals surface area (Å²) in [5.74, 6) is 0. The van der Waals surface area contributed by atoms with Crippen molar-refractivity contribution >= 4 is 27.6 Å². The van der Waals surface area contributed by atoms with Crippen LogP contribution >= 0.6 is 0 Å². The van der Waals surface area contributed by atoms with Crippen LogP contribution in [0.1, 0.15) is 5.56 Å². The lowest BCUT2D eigenvalue weighted by Crippen LogP contribution is -2.30. The third kappa shape index (κ3) is 2.69. The van der Waals surface area contributed by atoms with Crippen LogP contribution < -0.4 is 4.57 Å². The van der Waals surface area contributed by atoms with Crippen molar-refractivity contribution in [3.05, 3.63) is 96.0 Å². The Labute approximate surface area is 169 Å². The molecule has 3 heteroatoms. The first-order valence-electron chi connectivity index (χ1n) is 9.55. The van der Waals surface area contributed by atoms with E-state index < -0.39 is 0 Å². The predicted octanol–water partition coefficient (Wildman–Crippen LogP) is 6.60. The van der Waals surface area contributed by atoms with Gasteiger partial charge in [-0.1, -0.05) is 42.5 Å². The second-order valence-electron chi connectivity index (χ2n) is 7.28. The molecule has 0 atom stereocenters. The second-order valence-corrected chi connectivity index (χ2v) is 7.28. The Bertz CT molecular complexity index is 1420. The minimum absolute atomic E-state index is 0.638. The number of nitrogens with zero attached hydrogens (tertiary/aromatic N) is 2. The number of furan rings is 1. The van der Waals surface area contributed by atoms with E-state index in [1.54, 1.807) is 0 Å². The molecule has 29 heavy (non-hydrogen) atoms. The Morgan fingerprint density at radius 2 is 1.69 bits per heavy atom. The number of benzene rings is 3. The summed E-state index contributed by atoms with van der Waals surface area (Å²) in [6.07, 6.45) is 2.04. The van der Waals surface area contributed by atoms with Crippen LogP contribution in [-0.2, 0) is 7.05 Å². The van der Waals surface area contributed by atoms with Gasteiger partial charge in [0.2, 0.25) is 5.69 Å². The molecule has 0 fully saturated rings. The van der Waals surface area contributed by atoms with Gasteiger partial charge in [-0.15, -0.1) is 0 Å². The van der Waals surface area contributed by atoms with E-state index in [-0.39, 0.29) is 0 Å². The van der Waals surface area contributed by atoms with Gasteiger partial charge in [0.05, 0.1) is 12.1 Å². The molecule has 0 saturated carbocycles. The molecule has 0 aliphatic heterocycles. The summed E-state index contributed by atoms with van der Waals surface area (Å²) in [5.41, 5.74) is 7.57. The Morgan fingerprint density at radius 1 is 0.897 bits per heavy atom. The van der Waals surface area contributed by atoms with Gasteiger partial charge in [-0.2, -0.15) is 0 Å². The molecule has 2 heterocycles. The largest absolute Gasteiger partial charge is 0.455 e. The van der Waals surface area contributed by atoms with Gasteiger partial charge in [-0.05, 0) is 41.8 Å². The van der Waals surface area contributed by atoms with Crippen molar-refractivity contribution in [3.63, 3.8) is 0 Å². The van der Waals surface area contributed by atoms with Crippen LogP contribution in [-0.4, -0.2) is 0 Å². The van der Waals surface area contributed by atoms with Crippen LogP contribution in [0.5, 0.6) is 0 Å². The van der Waals surface area contributed by atoms with E-state index in [0.29, 0.717) is 5.69 Å². The quantitative estimate of drug-likeness (QED) is 0.251. The first-order valence-corrected chi connectivity index (χ1v) is 9.55. The van der Waals surface area contributed by atoms with Gasteiger partial charge < -0.3 is 4.42 Å². The zero-order valence-corrected chi connectivity index (χ0v) is 16.3. The van der Waals surface area contributed by atoms with E-state index in [4.69, 9.17) is 11.0 Å². The Morgan fingerprint density at radius 3 is 2.45 bits per heavy atom. The number of hydrogen-bond acceptors (Lipinski definition) is 1. The molecule has 0 saturated heterocycles. The molecule has 5 aromatic rings. The molecule has 0 amide bonds. The van der Waals surface area contributed by atoms with E-state index in [1.807, 2.05) is 67.8 Å². The average Bonchev–Trinajstić information content (AvgIpc) is 3.11. The predicted molar refractivity (Wildman–Crippen MR) is 117 cm³/mol. The molecule has 0 aliphatic carbocycles. The molecule has 0 N–H and O–H groups in total. The number of aromatic nitrogens is 1. The lowest BCUT2D eigenvalue weighted by Gasteiger charge is -2.05. The van der Waals surface area contributed by atoms with Gasteiger partial charge in [0.25, 0.3) is 0 Å². The second kappa shape index (κ2) is 6.61. The summed E-state index contributed by atoms with van der Waals surface area (Å²) in [6, 6.07) is 24.4. The van der Waals surface area contributed by atoms with E-state index >= 15 is 0 Å². The maximum Gasteiger partial charge on any atom is 0.216 e. The van der Waals surface area contributed by atoms with Crippen LogP contribution in [0, 0.1) is 13.5 Å². The molecule has 0 bridgehead atoms. The Kier molecular flexibility index (Phi) is 3.93. The fourth-order valence-electron chi connectivity index (χ4n) is 4.02. The monoisotopic (exact) mass is 375 g/mol. The SMILES string of the molecule is [C-]#[N+]c1cc2c(cc1-c1ccccc1)oc1c(-c3cccc[n+]3C)c(C)ccc12. The van der Waals surface area contributed by atoms with Crippen LogP contribution in [0.25, 0.3) is 49.2 Å². The van der Waals surface area contributed by atoms with Gasteiger partial charge in [0.15, 0.2) is 11.9 Å². The van der Waals surface area contributed by atoms with E-state index in [0.717, 1.165) is 49.9 Å². The normalized spacial score (nSPS) is 11.1. The van der Waals surface area contributed by atoms with E-state index in [9.17, 15) is 0 Å². The lowest BCUT2D eigenvalue weighted by atomic mass is 9.98.